The number of carbonyl (C=O) groups excluding carboxylic acids is 1. The lowest BCUT2D eigenvalue weighted by Crippen LogP contribution is -2.54. The maximum atomic E-state index is 12.2. The van der Waals surface area contributed by atoms with E-state index in [0.29, 0.717) is 6.42 Å². The topological polar surface area (TPSA) is 59.0 Å². The summed E-state index contributed by atoms with van der Waals surface area (Å²) in [4.78, 5) is 13.6. The molecule has 116 valence electrons. The van der Waals surface area contributed by atoms with Crippen molar-refractivity contribution in [2.24, 2.45) is 0 Å². The Morgan fingerprint density at radius 1 is 1.15 bits per heavy atom. The van der Waals surface area contributed by atoms with Crippen LogP contribution in [-0.4, -0.2) is 39.1 Å². The van der Waals surface area contributed by atoms with Gasteiger partial charge < -0.3 is 14.6 Å². The Balaban J connectivity index is 2.83. The van der Waals surface area contributed by atoms with E-state index in [-0.39, 0.29) is 0 Å². The molecule has 5 heteroatoms. The minimum atomic E-state index is -1.45. The van der Waals surface area contributed by atoms with Gasteiger partial charge in [0.1, 0.15) is 5.60 Å². The summed E-state index contributed by atoms with van der Waals surface area (Å²) in [6, 6.07) is -0.489. The van der Waals surface area contributed by atoms with Gasteiger partial charge in [0.2, 0.25) is 0 Å². The zero-order chi connectivity index (χ0) is 15.8. The van der Waals surface area contributed by atoms with E-state index >= 15 is 0 Å². The summed E-state index contributed by atoms with van der Waals surface area (Å²) in [5.74, 6) is -1.45. The number of rotatable bonds is 2. The van der Waals surface area contributed by atoms with Crippen LogP contribution in [0.2, 0.25) is 0 Å². The normalized spacial score (nSPS) is 22.8. The lowest BCUT2D eigenvalue weighted by molar-refractivity contribution is -0.264. The van der Waals surface area contributed by atoms with E-state index in [1.807, 2.05) is 47.6 Å². The summed E-state index contributed by atoms with van der Waals surface area (Å²) in [6.45, 7) is 12.6. The summed E-state index contributed by atoms with van der Waals surface area (Å²) >= 11 is 0. The summed E-state index contributed by atoms with van der Waals surface area (Å²) < 4.78 is 11.0. The van der Waals surface area contributed by atoms with E-state index in [1.54, 1.807) is 13.1 Å². The highest BCUT2D eigenvalue weighted by Crippen LogP contribution is 2.31. The van der Waals surface area contributed by atoms with Crippen LogP contribution in [0.4, 0.5) is 4.79 Å². The molecular formula is C15H27NO4. The monoisotopic (exact) mass is 285 g/mol. The third kappa shape index (κ3) is 4.80. The van der Waals surface area contributed by atoms with Gasteiger partial charge in [0, 0.05) is 6.20 Å². The van der Waals surface area contributed by atoms with Crippen LogP contribution in [-0.2, 0) is 9.47 Å². The average molecular weight is 285 g/mol. The molecule has 0 aromatic carbocycles. The zero-order valence-corrected chi connectivity index (χ0v) is 13.6. The Hall–Kier alpha value is -1.07. The minimum Gasteiger partial charge on any atom is -0.443 e. The summed E-state index contributed by atoms with van der Waals surface area (Å²) in [6.07, 6.45) is 3.52. The van der Waals surface area contributed by atoms with Gasteiger partial charge in [-0.3, -0.25) is 4.90 Å². The number of hydrogen-bond acceptors (Lipinski definition) is 4. The first kappa shape index (κ1) is 17.0. The Bertz CT molecular complexity index is 388. The molecule has 5 nitrogen and oxygen atoms in total. The number of hydrogen-bond donors (Lipinski definition) is 1. The third-order valence-corrected chi connectivity index (χ3v) is 2.70. The van der Waals surface area contributed by atoms with E-state index in [1.165, 1.54) is 4.90 Å². The predicted octanol–water partition coefficient (Wildman–Crippen LogP) is 3.03. The predicted molar refractivity (Wildman–Crippen MR) is 77.1 cm³/mol. The number of aliphatic hydroxyl groups is 1. The number of amides is 1. The standard InChI is InChI=1S/C15H27NO4/c1-13(2,3)19-12(17)16-10-8-9-11(16)15(7,18)20-14(4,5)6/h8,10-11,18H,9H2,1-7H3/t11?,15-/m1/s1. The average Bonchev–Trinajstić information content (AvgIpc) is 2.58. The first-order valence-electron chi connectivity index (χ1n) is 6.92. The largest absolute Gasteiger partial charge is 0.443 e. The number of carbonyl (C=O) groups is 1. The highest BCUT2D eigenvalue weighted by Gasteiger charge is 2.44. The summed E-state index contributed by atoms with van der Waals surface area (Å²) in [7, 11) is 0. The molecule has 1 aliphatic rings. The van der Waals surface area contributed by atoms with Crippen LogP contribution < -0.4 is 0 Å². The molecule has 1 heterocycles. The van der Waals surface area contributed by atoms with Crippen molar-refractivity contribution in [1.82, 2.24) is 4.90 Å². The molecule has 1 N–H and O–H groups in total. The van der Waals surface area contributed by atoms with Crippen LogP contribution in [0, 0.1) is 0 Å². The fourth-order valence-corrected chi connectivity index (χ4v) is 2.19. The molecule has 0 saturated heterocycles. The molecule has 1 rings (SSSR count). The Morgan fingerprint density at radius 3 is 2.15 bits per heavy atom. The van der Waals surface area contributed by atoms with Crippen LogP contribution in [0.1, 0.15) is 54.9 Å². The van der Waals surface area contributed by atoms with Gasteiger partial charge in [0.25, 0.3) is 0 Å². The highest BCUT2D eigenvalue weighted by molar-refractivity contribution is 5.70. The zero-order valence-electron chi connectivity index (χ0n) is 13.6. The minimum absolute atomic E-state index is 0.478. The second-order valence-corrected chi connectivity index (χ2v) is 7.29. The molecule has 1 unspecified atom stereocenters. The SMILES string of the molecule is CC(C)(C)OC(=O)N1C=CCC1[C@](C)(O)OC(C)(C)C. The fourth-order valence-electron chi connectivity index (χ4n) is 2.19. The maximum Gasteiger partial charge on any atom is 0.414 e. The van der Waals surface area contributed by atoms with E-state index in [2.05, 4.69) is 0 Å². The molecular weight excluding hydrogens is 258 g/mol. The Morgan fingerprint density at radius 2 is 1.70 bits per heavy atom. The van der Waals surface area contributed by atoms with Crippen molar-refractivity contribution in [3.05, 3.63) is 12.3 Å². The van der Waals surface area contributed by atoms with Crippen molar-refractivity contribution < 1.29 is 19.4 Å². The molecule has 0 spiro atoms. The molecule has 0 aliphatic carbocycles. The van der Waals surface area contributed by atoms with E-state index in [0.717, 1.165) is 0 Å². The third-order valence-electron chi connectivity index (χ3n) is 2.70. The van der Waals surface area contributed by atoms with Crippen molar-refractivity contribution >= 4 is 6.09 Å². The van der Waals surface area contributed by atoms with Crippen molar-refractivity contribution in [2.75, 3.05) is 0 Å². The quantitative estimate of drug-likeness (QED) is 0.792. The molecule has 0 bridgehead atoms. The summed E-state index contributed by atoms with van der Waals surface area (Å²) in [5.41, 5.74) is -1.08. The second-order valence-electron chi connectivity index (χ2n) is 7.29. The van der Waals surface area contributed by atoms with Gasteiger partial charge in [0.15, 0.2) is 5.79 Å². The molecule has 0 aromatic rings. The van der Waals surface area contributed by atoms with Crippen LogP contribution in [0.5, 0.6) is 0 Å². The van der Waals surface area contributed by atoms with Crippen molar-refractivity contribution in [3.8, 4) is 0 Å². The molecule has 0 saturated carbocycles. The molecule has 0 radical (unpaired) electrons. The van der Waals surface area contributed by atoms with E-state index < -0.39 is 29.1 Å². The van der Waals surface area contributed by atoms with Crippen molar-refractivity contribution in [3.63, 3.8) is 0 Å². The molecule has 20 heavy (non-hydrogen) atoms. The van der Waals surface area contributed by atoms with Crippen LogP contribution in [0.3, 0.4) is 0 Å². The lowest BCUT2D eigenvalue weighted by atomic mass is 10.0. The van der Waals surface area contributed by atoms with E-state index in [4.69, 9.17) is 9.47 Å². The molecule has 0 fully saturated rings. The fraction of sp³-hybridized carbons (Fsp3) is 0.800. The molecule has 1 aliphatic heterocycles. The van der Waals surface area contributed by atoms with Crippen LogP contribution in [0.25, 0.3) is 0 Å². The number of nitrogens with zero attached hydrogens (tertiary/aromatic N) is 1. The van der Waals surface area contributed by atoms with Gasteiger partial charge in [-0.1, -0.05) is 6.08 Å². The van der Waals surface area contributed by atoms with Gasteiger partial charge in [-0.2, -0.15) is 0 Å². The second kappa shape index (κ2) is 5.37. The van der Waals surface area contributed by atoms with Gasteiger partial charge in [-0.05, 0) is 54.9 Å². The van der Waals surface area contributed by atoms with Gasteiger partial charge in [0.05, 0.1) is 11.6 Å². The van der Waals surface area contributed by atoms with Gasteiger partial charge >= 0.3 is 6.09 Å². The molecule has 2 atom stereocenters. The van der Waals surface area contributed by atoms with Crippen LogP contribution >= 0.6 is 0 Å². The van der Waals surface area contributed by atoms with Gasteiger partial charge in [-0.25, -0.2) is 4.79 Å². The lowest BCUT2D eigenvalue weighted by Gasteiger charge is -2.40. The van der Waals surface area contributed by atoms with Gasteiger partial charge in [-0.15, -0.1) is 0 Å². The molecule has 1 amide bonds. The van der Waals surface area contributed by atoms with Crippen molar-refractivity contribution in [2.45, 2.75) is 77.9 Å². The maximum absolute atomic E-state index is 12.2. The summed E-state index contributed by atoms with van der Waals surface area (Å²) in [5, 5.41) is 10.6. The Labute approximate surface area is 121 Å². The smallest absolute Gasteiger partial charge is 0.414 e. The van der Waals surface area contributed by atoms with Crippen LogP contribution in [0.15, 0.2) is 12.3 Å². The highest BCUT2D eigenvalue weighted by atomic mass is 16.6. The first-order valence-corrected chi connectivity index (χ1v) is 6.92. The van der Waals surface area contributed by atoms with E-state index in [9.17, 15) is 9.90 Å². The number of ether oxygens (including phenoxy) is 2. The Kier molecular flexibility index (Phi) is 4.56. The molecule has 0 aromatic heterocycles. The van der Waals surface area contributed by atoms with Crippen molar-refractivity contribution in [1.29, 1.82) is 0 Å². The first-order chi connectivity index (χ1) is 8.82.